The first-order valence-corrected chi connectivity index (χ1v) is 4.79. The van der Waals surface area contributed by atoms with Gasteiger partial charge in [0.2, 0.25) is 5.91 Å². The molecule has 1 amide bonds. The van der Waals surface area contributed by atoms with Crippen LogP contribution in [-0.2, 0) is 4.79 Å². The van der Waals surface area contributed by atoms with E-state index in [0.29, 0.717) is 11.0 Å². The highest BCUT2D eigenvalue weighted by Gasteiger charge is 2.10. The van der Waals surface area contributed by atoms with Crippen molar-refractivity contribution in [2.45, 2.75) is 31.6 Å². The minimum absolute atomic E-state index is 0.416. The van der Waals surface area contributed by atoms with Crippen molar-refractivity contribution in [2.75, 3.05) is 5.75 Å². The van der Waals surface area contributed by atoms with E-state index in [1.54, 1.807) is 11.8 Å². The van der Waals surface area contributed by atoms with Crippen LogP contribution in [0.2, 0.25) is 0 Å². The summed E-state index contributed by atoms with van der Waals surface area (Å²) in [5.41, 5.74) is 10.4. The van der Waals surface area contributed by atoms with Crippen molar-refractivity contribution in [3.63, 3.8) is 0 Å². The molecule has 0 aliphatic heterocycles. The molecular formula is C7H16N2OS. The van der Waals surface area contributed by atoms with E-state index in [2.05, 4.69) is 13.8 Å². The summed E-state index contributed by atoms with van der Waals surface area (Å²) in [4.78, 5) is 10.5. The van der Waals surface area contributed by atoms with Gasteiger partial charge in [0.15, 0.2) is 0 Å². The summed E-state index contributed by atoms with van der Waals surface area (Å²) in [5.74, 6) is 0.213. The highest BCUT2D eigenvalue weighted by Crippen LogP contribution is 2.13. The second-order valence-electron chi connectivity index (χ2n) is 2.56. The largest absolute Gasteiger partial charge is 0.368 e. The van der Waals surface area contributed by atoms with Crippen LogP contribution in [0.1, 0.15) is 20.3 Å². The SMILES string of the molecule is CCC(C)SCC(N)C(N)=O. The van der Waals surface area contributed by atoms with Gasteiger partial charge in [-0.1, -0.05) is 13.8 Å². The maximum absolute atomic E-state index is 10.5. The molecule has 0 aliphatic carbocycles. The lowest BCUT2D eigenvalue weighted by Gasteiger charge is -2.10. The predicted molar refractivity (Wildman–Crippen MR) is 49.4 cm³/mol. The van der Waals surface area contributed by atoms with E-state index in [1.165, 1.54) is 0 Å². The molecule has 0 spiro atoms. The molecule has 4 heteroatoms. The van der Waals surface area contributed by atoms with Crippen LogP contribution in [0.25, 0.3) is 0 Å². The number of hydrogen-bond acceptors (Lipinski definition) is 3. The van der Waals surface area contributed by atoms with Crippen molar-refractivity contribution in [1.29, 1.82) is 0 Å². The van der Waals surface area contributed by atoms with Crippen LogP contribution < -0.4 is 11.5 Å². The molecule has 0 rings (SSSR count). The molecule has 3 nitrogen and oxygen atoms in total. The summed E-state index contributed by atoms with van der Waals surface area (Å²) in [6.45, 7) is 4.21. The molecule has 0 heterocycles. The number of nitrogens with two attached hydrogens (primary N) is 2. The van der Waals surface area contributed by atoms with E-state index in [-0.39, 0.29) is 0 Å². The molecule has 4 N–H and O–H groups in total. The van der Waals surface area contributed by atoms with Gasteiger partial charge in [-0.2, -0.15) is 11.8 Å². The Bertz CT molecular complexity index is 130. The first-order chi connectivity index (χ1) is 5.07. The smallest absolute Gasteiger partial charge is 0.235 e. The summed E-state index contributed by atoms with van der Waals surface area (Å²) in [6.07, 6.45) is 1.09. The van der Waals surface area contributed by atoms with Gasteiger partial charge in [0.05, 0.1) is 6.04 Å². The normalized spacial score (nSPS) is 15.9. The van der Waals surface area contributed by atoms with Crippen molar-refractivity contribution >= 4 is 17.7 Å². The third-order valence-corrected chi connectivity index (χ3v) is 2.95. The highest BCUT2D eigenvalue weighted by molar-refractivity contribution is 7.99. The van der Waals surface area contributed by atoms with Crippen molar-refractivity contribution in [1.82, 2.24) is 0 Å². The zero-order valence-electron chi connectivity index (χ0n) is 7.04. The summed E-state index contributed by atoms with van der Waals surface area (Å²) in [5, 5.41) is 0.556. The average molecular weight is 176 g/mol. The monoisotopic (exact) mass is 176 g/mol. The summed E-state index contributed by atoms with van der Waals surface area (Å²) >= 11 is 1.69. The molecular weight excluding hydrogens is 160 g/mol. The fourth-order valence-electron chi connectivity index (χ4n) is 0.468. The predicted octanol–water partition coefficient (Wildman–Crippen LogP) is 0.331. The van der Waals surface area contributed by atoms with Crippen molar-refractivity contribution in [2.24, 2.45) is 11.5 Å². The minimum atomic E-state index is -0.492. The zero-order chi connectivity index (χ0) is 8.85. The maximum atomic E-state index is 10.5. The first kappa shape index (κ1) is 10.8. The number of hydrogen-bond donors (Lipinski definition) is 2. The molecule has 66 valence electrons. The van der Waals surface area contributed by atoms with Gasteiger partial charge < -0.3 is 11.5 Å². The number of rotatable bonds is 5. The third kappa shape index (κ3) is 5.09. The van der Waals surface area contributed by atoms with E-state index in [0.717, 1.165) is 6.42 Å². The van der Waals surface area contributed by atoms with E-state index in [4.69, 9.17) is 11.5 Å². The second kappa shape index (κ2) is 5.43. The standard InChI is InChI=1S/C7H16N2OS/c1-3-5(2)11-4-6(8)7(9)10/h5-6H,3-4,8H2,1-2H3,(H2,9,10). The van der Waals surface area contributed by atoms with Crippen LogP contribution in [0.3, 0.4) is 0 Å². The molecule has 2 atom stereocenters. The molecule has 2 unspecified atom stereocenters. The third-order valence-electron chi connectivity index (χ3n) is 1.50. The second-order valence-corrected chi connectivity index (χ2v) is 4.03. The molecule has 0 bridgehead atoms. The number of primary amides is 1. The maximum Gasteiger partial charge on any atom is 0.235 e. The van der Waals surface area contributed by atoms with E-state index < -0.39 is 11.9 Å². The van der Waals surface area contributed by atoms with Gasteiger partial charge in [-0.3, -0.25) is 4.79 Å². The van der Waals surface area contributed by atoms with Gasteiger partial charge in [-0.25, -0.2) is 0 Å². The van der Waals surface area contributed by atoms with E-state index in [9.17, 15) is 4.79 Å². The fraction of sp³-hybridized carbons (Fsp3) is 0.857. The molecule has 0 aliphatic rings. The molecule has 11 heavy (non-hydrogen) atoms. The Labute approximate surface area is 71.9 Å². The van der Waals surface area contributed by atoms with Crippen LogP contribution in [0.15, 0.2) is 0 Å². The van der Waals surface area contributed by atoms with Gasteiger partial charge in [-0.05, 0) is 6.42 Å². The van der Waals surface area contributed by atoms with E-state index >= 15 is 0 Å². The van der Waals surface area contributed by atoms with Crippen molar-refractivity contribution < 1.29 is 4.79 Å². The lowest BCUT2D eigenvalue weighted by molar-refractivity contribution is -0.118. The molecule has 0 aromatic rings. The average Bonchev–Trinajstić information content (AvgIpc) is 1.99. The summed E-state index contributed by atoms with van der Waals surface area (Å²) in [6, 6.07) is -0.492. The van der Waals surface area contributed by atoms with E-state index in [1.807, 2.05) is 0 Å². The van der Waals surface area contributed by atoms with Gasteiger partial charge in [0.1, 0.15) is 0 Å². The molecule has 0 aromatic heterocycles. The number of thioether (sulfide) groups is 1. The molecule has 0 fully saturated rings. The topological polar surface area (TPSA) is 69.1 Å². The molecule has 0 radical (unpaired) electrons. The van der Waals surface area contributed by atoms with Gasteiger partial charge in [-0.15, -0.1) is 0 Å². The Hall–Kier alpha value is -0.220. The molecule has 0 aromatic carbocycles. The Balaban J connectivity index is 3.45. The summed E-state index contributed by atoms with van der Waals surface area (Å²) in [7, 11) is 0. The zero-order valence-corrected chi connectivity index (χ0v) is 7.86. The number of carbonyl (C=O) groups is 1. The lowest BCUT2D eigenvalue weighted by atomic mass is 10.3. The molecule has 0 saturated heterocycles. The Morgan fingerprint density at radius 2 is 2.18 bits per heavy atom. The Morgan fingerprint density at radius 3 is 2.55 bits per heavy atom. The Morgan fingerprint density at radius 1 is 1.64 bits per heavy atom. The van der Waals surface area contributed by atoms with Crippen LogP contribution in [0, 0.1) is 0 Å². The Kier molecular flexibility index (Phi) is 5.32. The lowest BCUT2D eigenvalue weighted by Crippen LogP contribution is -2.38. The summed E-state index contributed by atoms with van der Waals surface area (Å²) < 4.78 is 0. The van der Waals surface area contributed by atoms with Crippen LogP contribution in [0.5, 0.6) is 0 Å². The first-order valence-electron chi connectivity index (χ1n) is 3.74. The van der Waals surface area contributed by atoms with Gasteiger partial charge in [0.25, 0.3) is 0 Å². The van der Waals surface area contributed by atoms with Crippen LogP contribution in [-0.4, -0.2) is 23.0 Å². The fourth-order valence-corrected chi connectivity index (χ4v) is 1.40. The number of carbonyl (C=O) groups excluding carboxylic acids is 1. The highest BCUT2D eigenvalue weighted by atomic mass is 32.2. The van der Waals surface area contributed by atoms with Crippen molar-refractivity contribution in [3.8, 4) is 0 Å². The number of amides is 1. The quantitative estimate of drug-likeness (QED) is 0.634. The van der Waals surface area contributed by atoms with Crippen LogP contribution >= 0.6 is 11.8 Å². The van der Waals surface area contributed by atoms with Crippen LogP contribution in [0.4, 0.5) is 0 Å². The van der Waals surface area contributed by atoms with Gasteiger partial charge in [0, 0.05) is 11.0 Å². The van der Waals surface area contributed by atoms with Gasteiger partial charge >= 0.3 is 0 Å². The minimum Gasteiger partial charge on any atom is -0.368 e. The molecule has 0 saturated carbocycles. The van der Waals surface area contributed by atoms with Crippen molar-refractivity contribution in [3.05, 3.63) is 0 Å².